The van der Waals surface area contributed by atoms with Crippen LogP contribution >= 0.6 is 11.6 Å². The Balaban J connectivity index is 1.82. The Hall–Kier alpha value is -1.11. The van der Waals surface area contributed by atoms with E-state index < -0.39 is 0 Å². The fourth-order valence-electron chi connectivity index (χ4n) is 3.19. The molecule has 2 atom stereocenters. The third kappa shape index (κ3) is 2.45. The molecule has 116 valence electrons. The third-order valence-electron chi connectivity index (χ3n) is 4.45. The zero-order valence-corrected chi connectivity index (χ0v) is 13.4. The number of carbonyl (C=O) groups excluding carboxylic acids is 1. The molecule has 2 fully saturated rings. The highest BCUT2D eigenvalue weighted by molar-refractivity contribution is 6.33. The smallest absolute Gasteiger partial charge is 0.259 e. The monoisotopic (exact) mass is 312 g/mol. The van der Waals surface area contributed by atoms with Crippen molar-refractivity contribution in [2.45, 2.75) is 32.5 Å². The molecular formula is C14H21ClN4O2. The number of halogens is 1. The van der Waals surface area contributed by atoms with E-state index in [4.69, 9.17) is 16.3 Å². The van der Waals surface area contributed by atoms with Gasteiger partial charge >= 0.3 is 0 Å². The zero-order chi connectivity index (χ0) is 15.1. The number of hydrogen-bond acceptors (Lipinski definition) is 4. The van der Waals surface area contributed by atoms with Gasteiger partial charge < -0.3 is 9.64 Å². The van der Waals surface area contributed by atoms with E-state index >= 15 is 0 Å². The quantitative estimate of drug-likeness (QED) is 0.818. The minimum atomic E-state index is -0.0383. The summed E-state index contributed by atoms with van der Waals surface area (Å²) >= 11 is 6.30. The van der Waals surface area contributed by atoms with Crippen molar-refractivity contribution in [1.82, 2.24) is 19.6 Å². The van der Waals surface area contributed by atoms with Crippen LogP contribution < -0.4 is 0 Å². The molecule has 1 amide bonds. The van der Waals surface area contributed by atoms with E-state index in [9.17, 15) is 4.79 Å². The summed E-state index contributed by atoms with van der Waals surface area (Å²) in [6.45, 7) is 7.40. The van der Waals surface area contributed by atoms with Gasteiger partial charge in [0.1, 0.15) is 5.15 Å². The fourth-order valence-corrected chi connectivity index (χ4v) is 3.56. The van der Waals surface area contributed by atoms with Crippen molar-refractivity contribution in [2.75, 3.05) is 33.3 Å². The summed E-state index contributed by atoms with van der Waals surface area (Å²) in [4.78, 5) is 16.9. The van der Waals surface area contributed by atoms with Gasteiger partial charge in [-0.05, 0) is 20.9 Å². The molecule has 0 aliphatic carbocycles. The first-order chi connectivity index (χ1) is 10.0. The maximum Gasteiger partial charge on any atom is 0.259 e. The van der Waals surface area contributed by atoms with Crippen LogP contribution in [0.1, 0.15) is 23.0 Å². The lowest BCUT2D eigenvalue weighted by atomic mass is 10.1. The number of amides is 1. The maximum absolute atomic E-state index is 12.8. The molecule has 0 saturated carbocycles. The van der Waals surface area contributed by atoms with Gasteiger partial charge in [-0.1, -0.05) is 11.6 Å². The van der Waals surface area contributed by atoms with E-state index in [1.54, 1.807) is 4.68 Å². The number of carbonyl (C=O) groups is 1. The highest BCUT2D eigenvalue weighted by atomic mass is 35.5. The summed E-state index contributed by atoms with van der Waals surface area (Å²) in [6.07, 6.45) is 0.105. The van der Waals surface area contributed by atoms with Gasteiger partial charge in [0.15, 0.2) is 0 Å². The van der Waals surface area contributed by atoms with Gasteiger partial charge in [0.05, 0.1) is 30.0 Å². The van der Waals surface area contributed by atoms with E-state index in [1.165, 1.54) is 0 Å². The van der Waals surface area contributed by atoms with Crippen molar-refractivity contribution < 1.29 is 9.53 Å². The molecule has 0 unspecified atom stereocenters. The number of rotatable bonds is 2. The van der Waals surface area contributed by atoms with E-state index in [0.717, 1.165) is 13.2 Å². The van der Waals surface area contributed by atoms with E-state index in [-0.39, 0.29) is 18.1 Å². The summed E-state index contributed by atoms with van der Waals surface area (Å²) < 4.78 is 7.45. The summed E-state index contributed by atoms with van der Waals surface area (Å²) in [6, 6.07) is 0.281. The van der Waals surface area contributed by atoms with Crippen molar-refractivity contribution in [3.63, 3.8) is 0 Å². The zero-order valence-electron chi connectivity index (χ0n) is 12.7. The number of likely N-dealkylation sites (N-methyl/N-ethyl adjacent to an activating group) is 1. The minimum absolute atomic E-state index is 0.0383. The third-order valence-corrected chi connectivity index (χ3v) is 4.83. The molecule has 6 nitrogen and oxygen atoms in total. The van der Waals surface area contributed by atoms with Crippen LogP contribution in [0.4, 0.5) is 0 Å². The Morgan fingerprint density at radius 2 is 2.24 bits per heavy atom. The Bertz CT molecular complexity index is 559. The molecule has 7 heteroatoms. The van der Waals surface area contributed by atoms with E-state index in [2.05, 4.69) is 17.0 Å². The topological polar surface area (TPSA) is 50.6 Å². The van der Waals surface area contributed by atoms with Gasteiger partial charge in [0.2, 0.25) is 0 Å². The second kappa shape index (κ2) is 5.59. The molecule has 2 aliphatic rings. The number of aromatic nitrogens is 2. The fraction of sp³-hybridized carbons (Fsp3) is 0.714. The lowest BCUT2D eigenvalue weighted by Gasteiger charge is -2.33. The SMILES string of the molecule is CCn1nc(C)c(C(=O)N2C[C@H]3OCCN(C)[C@H]3C2)c1Cl. The second-order valence-corrected chi connectivity index (χ2v) is 6.09. The van der Waals surface area contributed by atoms with Crippen LogP contribution in [-0.4, -0.2) is 70.9 Å². The Kier molecular flexibility index (Phi) is 3.94. The van der Waals surface area contributed by atoms with Gasteiger partial charge in [-0.3, -0.25) is 14.4 Å². The maximum atomic E-state index is 12.8. The molecule has 1 aromatic rings. The highest BCUT2D eigenvalue weighted by Crippen LogP contribution is 2.27. The average Bonchev–Trinajstić information content (AvgIpc) is 3.01. The molecule has 0 N–H and O–H groups in total. The highest BCUT2D eigenvalue weighted by Gasteiger charge is 2.41. The number of nitrogens with zero attached hydrogens (tertiary/aromatic N) is 4. The lowest BCUT2D eigenvalue weighted by molar-refractivity contribution is -0.0368. The van der Waals surface area contributed by atoms with Gasteiger partial charge in [0.25, 0.3) is 5.91 Å². The summed E-state index contributed by atoms with van der Waals surface area (Å²) in [5.74, 6) is -0.0383. The van der Waals surface area contributed by atoms with E-state index in [0.29, 0.717) is 36.0 Å². The van der Waals surface area contributed by atoms with Crippen LogP contribution in [0.25, 0.3) is 0 Å². The van der Waals surface area contributed by atoms with E-state index in [1.807, 2.05) is 18.7 Å². The largest absolute Gasteiger partial charge is 0.373 e. The van der Waals surface area contributed by atoms with Crippen molar-refractivity contribution in [3.05, 3.63) is 16.4 Å². The molecular weight excluding hydrogens is 292 g/mol. The van der Waals surface area contributed by atoms with Gasteiger partial charge in [-0.2, -0.15) is 5.10 Å². The number of aryl methyl sites for hydroxylation is 2. The first kappa shape index (κ1) is 14.8. The van der Waals surface area contributed by atoms with Crippen LogP contribution in [0.3, 0.4) is 0 Å². The molecule has 0 bridgehead atoms. The standard InChI is InChI=1S/C14H21ClN4O2/c1-4-19-13(15)12(9(2)16-19)14(20)18-7-10-11(8-18)21-6-5-17(10)3/h10-11H,4-8H2,1-3H3/t10-,11+/m0/s1. The molecule has 2 aliphatic heterocycles. The minimum Gasteiger partial charge on any atom is -0.373 e. The molecule has 3 rings (SSSR count). The van der Waals surface area contributed by atoms with Gasteiger partial charge in [-0.15, -0.1) is 0 Å². The molecule has 2 saturated heterocycles. The summed E-state index contributed by atoms with van der Waals surface area (Å²) in [5, 5.41) is 4.76. The Morgan fingerprint density at radius 3 is 2.86 bits per heavy atom. The van der Waals surface area contributed by atoms with Crippen molar-refractivity contribution >= 4 is 17.5 Å². The first-order valence-corrected chi connectivity index (χ1v) is 7.74. The van der Waals surface area contributed by atoms with Gasteiger partial charge in [-0.25, -0.2) is 0 Å². The normalized spacial score (nSPS) is 26.2. The van der Waals surface area contributed by atoms with Crippen molar-refractivity contribution in [2.24, 2.45) is 0 Å². The first-order valence-electron chi connectivity index (χ1n) is 7.37. The molecule has 3 heterocycles. The Labute approximate surface area is 129 Å². The number of likely N-dealkylation sites (tertiary alicyclic amines) is 1. The predicted molar refractivity (Wildman–Crippen MR) is 79.7 cm³/mol. The Morgan fingerprint density at radius 1 is 1.48 bits per heavy atom. The van der Waals surface area contributed by atoms with Crippen LogP contribution in [-0.2, 0) is 11.3 Å². The van der Waals surface area contributed by atoms with Crippen LogP contribution in [0.15, 0.2) is 0 Å². The molecule has 0 spiro atoms. The number of hydrogen-bond donors (Lipinski definition) is 0. The number of ether oxygens (including phenoxy) is 1. The number of morpholine rings is 1. The van der Waals surface area contributed by atoms with Crippen molar-refractivity contribution in [3.8, 4) is 0 Å². The molecule has 0 aromatic carbocycles. The van der Waals surface area contributed by atoms with Crippen LogP contribution in [0.5, 0.6) is 0 Å². The summed E-state index contributed by atoms with van der Waals surface area (Å²) in [5.41, 5.74) is 1.22. The van der Waals surface area contributed by atoms with Gasteiger partial charge in [0, 0.05) is 26.2 Å². The van der Waals surface area contributed by atoms with Crippen molar-refractivity contribution in [1.29, 1.82) is 0 Å². The second-order valence-electron chi connectivity index (χ2n) is 5.73. The molecule has 21 heavy (non-hydrogen) atoms. The lowest BCUT2D eigenvalue weighted by Crippen LogP contribution is -2.48. The van der Waals surface area contributed by atoms with Crippen LogP contribution in [0.2, 0.25) is 5.15 Å². The number of fused-ring (bicyclic) bond motifs is 1. The average molecular weight is 313 g/mol. The van der Waals surface area contributed by atoms with Crippen LogP contribution in [0, 0.1) is 6.92 Å². The molecule has 0 radical (unpaired) electrons. The molecule has 1 aromatic heterocycles. The predicted octanol–water partition coefficient (Wildman–Crippen LogP) is 1.02. The summed E-state index contributed by atoms with van der Waals surface area (Å²) in [7, 11) is 2.08.